The monoisotopic (exact) mass is 299 g/mol. The number of benzene rings is 1. The first kappa shape index (κ1) is 14.7. The second kappa shape index (κ2) is 6.70. The SMILES string of the molecule is CNC(=O)c1ccc(CN2CCCC[C@@H]2c2ncn[nH]2)cc1. The third-order valence-corrected chi connectivity index (χ3v) is 4.19. The molecule has 1 aromatic heterocycles. The summed E-state index contributed by atoms with van der Waals surface area (Å²) in [5.74, 6) is 0.894. The molecule has 1 saturated heterocycles. The van der Waals surface area contributed by atoms with E-state index in [1.165, 1.54) is 18.4 Å². The van der Waals surface area contributed by atoms with Crippen LogP contribution in [0.2, 0.25) is 0 Å². The molecule has 1 amide bonds. The summed E-state index contributed by atoms with van der Waals surface area (Å²) in [4.78, 5) is 18.3. The molecule has 1 aliphatic heterocycles. The molecule has 1 fully saturated rings. The molecule has 0 bridgehead atoms. The van der Waals surface area contributed by atoms with Crippen molar-refractivity contribution < 1.29 is 4.79 Å². The number of rotatable bonds is 4. The largest absolute Gasteiger partial charge is 0.355 e. The normalized spacial score (nSPS) is 19.0. The molecule has 6 nitrogen and oxygen atoms in total. The molecule has 1 aromatic carbocycles. The van der Waals surface area contributed by atoms with Crippen LogP contribution >= 0.6 is 0 Å². The van der Waals surface area contributed by atoms with Crippen molar-refractivity contribution in [2.24, 2.45) is 0 Å². The van der Waals surface area contributed by atoms with E-state index < -0.39 is 0 Å². The number of carbonyl (C=O) groups is 1. The Morgan fingerprint density at radius 1 is 1.36 bits per heavy atom. The zero-order valence-corrected chi connectivity index (χ0v) is 12.7. The zero-order chi connectivity index (χ0) is 15.4. The Hall–Kier alpha value is -2.21. The standard InChI is InChI=1S/C16H21N5O/c1-17-16(22)13-7-5-12(6-8-13)10-21-9-3-2-4-14(21)15-18-11-19-20-15/h5-8,11,14H,2-4,9-10H2,1H3,(H,17,22)(H,18,19,20)/t14-/m1/s1. The van der Waals surface area contributed by atoms with Gasteiger partial charge in [-0.1, -0.05) is 18.6 Å². The van der Waals surface area contributed by atoms with Gasteiger partial charge in [0.05, 0.1) is 6.04 Å². The van der Waals surface area contributed by atoms with Gasteiger partial charge in [-0.05, 0) is 37.1 Å². The van der Waals surface area contributed by atoms with E-state index >= 15 is 0 Å². The van der Waals surface area contributed by atoms with E-state index in [0.29, 0.717) is 11.6 Å². The van der Waals surface area contributed by atoms with Gasteiger partial charge >= 0.3 is 0 Å². The third kappa shape index (κ3) is 3.17. The van der Waals surface area contributed by atoms with Crippen LogP contribution in [0.25, 0.3) is 0 Å². The Labute approximate surface area is 129 Å². The van der Waals surface area contributed by atoms with Crippen LogP contribution in [0.5, 0.6) is 0 Å². The Morgan fingerprint density at radius 2 is 2.18 bits per heavy atom. The van der Waals surface area contributed by atoms with E-state index in [4.69, 9.17) is 0 Å². The van der Waals surface area contributed by atoms with Crippen molar-refractivity contribution in [3.05, 3.63) is 47.5 Å². The summed E-state index contributed by atoms with van der Waals surface area (Å²) < 4.78 is 0. The first-order valence-corrected chi connectivity index (χ1v) is 7.68. The van der Waals surface area contributed by atoms with Crippen molar-refractivity contribution in [3.8, 4) is 0 Å². The maximum absolute atomic E-state index is 11.6. The molecule has 2 aromatic rings. The van der Waals surface area contributed by atoms with Crippen LogP contribution < -0.4 is 5.32 Å². The van der Waals surface area contributed by atoms with Crippen LogP contribution in [0.4, 0.5) is 0 Å². The van der Waals surface area contributed by atoms with E-state index in [1.54, 1.807) is 13.4 Å². The van der Waals surface area contributed by atoms with E-state index in [1.807, 2.05) is 24.3 Å². The molecule has 2 N–H and O–H groups in total. The van der Waals surface area contributed by atoms with E-state index in [0.717, 1.165) is 25.3 Å². The first-order valence-electron chi connectivity index (χ1n) is 7.68. The first-order chi connectivity index (χ1) is 10.8. The quantitative estimate of drug-likeness (QED) is 0.904. The lowest BCUT2D eigenvalue weighted by atomic mass is 10.0. The number of nitrogens with one attached hydrogen (secondary N) is 2. The summed E-state index contributed by atoms with van der Waals surface area (Å²) in [5.41, 5.74) is 1.90. The Bertz CT molecular complexity index is 608. The second-order valence-electron chi connectivity index (χ2n) is 5.63. The summed E-state index contributed by atoms with van der Waals surface area (Å²) in [7, 11) is 1.64. The molecule has 116 valence electrons. The molecule has 0 unspecified atom stereocenters. The van der Waals surface area contributed by atoms with Gasteiger partial charge in [0, 0.05) is 19.2 Å². The average molecular weight is 299 g/mol. The number of piperidine rings is 1. The molecule has 0 saturated carbocycles. The molecule has 0 spiro atoms. The van der Waals surface area contributed by atoms with Crippen LogP contribution in [0, 0.1) is 0 Å². The van der Waals surface area contributed by atoms with Crippen molar-refractivity contribution in [2.75, 3.05) is 13.6 Å². The molecular weight excluding hydrogens is 278 g/mol. The van der Waals surface area contributed by atoms with E-state index in [-0.39, 0.29) is 5.91 Å². The molecule has 6 heteroatoms. The summed E-state index contributed by atoms with van der Waals surface area (Å²) in [6, 6.07) is 8.10. The van der Waals surface area contributed by atoms with Gasteiger partial charge < -0.3 is 5.32 Å². The maximum Gasteiger partial charge on any atom is 0.251 e. The van der Waals surface area contributed by atoms with Crippen molar-refractivity contribution in [3.63, 3.8) is 0 Å². The predicted octanol–water partition coefficient (Wildman–Crippen LogP) is 1.89. The van der Waals surface area contributed by atoms with Gasteiger partial charge in [-0.3, -0.25) is 14.8 Å². The van der Waals surface area contributed by atoms with E-state index in [9.17, 15) is 4.79 Å². The Balaban J connectivity index is 1.71. The number of hydrogen-bond donors (Lipinski definition) is 2. The number of amides is 1. The number of aromatic nitrogens is 3. The third-order valence-electron chi connectivity index (χ3n) is 4.19. The van der Waals surface area contributed by atoms with Gasteiger partial charge in [-0.15, -0.1) is 0 Å². The highest BCUT2D eigenvalue weighted by atomic mass is 16.1. The highest BCUT2D eigenvalue weighted by molar-refractivity contribution is 5.93. The summed E-state index contributed by atoms with van der Waals surface area (Å²) >= 11 is 0. The molecule has 1 atom stereocenters. The zero-order valence-electron chi connectivity index (χ0n) is 12.7. The molecule has 2 heterocycles. The van der Waals surface area contributed by atoms with Crippen molar-refractivity contribution in [1.29, 1.82) is 0 Å². The highest BCUT2D eigenvalue weighted by Crippen LogP contribution is 2.29. The fourth-order valence-electron chi connectivity index (χ4n) is 3.01. The van der Waals surface area contributed by atoms with Gasteiger partial charge in [0.2, 0.25) is 0 Å². The van der Waals surface area contributed by atoms with Crippen LogP contribution in [0.3, 0.4) is 0 Å². The van der Waals surface area contributed by atoms with Crippen LogP contribution in [-0.4, -0.2) is 39.6 Å². The molecule has 1 aliphatic rings. The van der Waals surface area contributed by atoms with Crippen LogP contribution in [0.1, 0.15) is 47.1 Å². The minimum absolute atomic E-state index is 0.0518. The fraction of sp³-hybridized carbons (Fsp3) is 0.438. The van der Waals surface area contributed by atoms with Gasteiger partial charge in [0.15, 0.2) is 0 Å². The lowest BCUT2D eigenvalue weighted by Gasteiger charge is -2.34. The fourth-order valence-corrected chi connectivity index (χ4v) is 3.01. The minimum atomic E-state index is -0.0518. The number of carbonyl (C=O) groups excluding carboxylic acids is 1. The molecule has 0 aliphatic carbocycles. The number of hydrogen-bond acceptors (Lipinski definition) is 4. The van der Waals surface area contributed by atoms with Gasteiger partial charge in [-0.25, -0.2) is 4.98 Å². The second-order valence-corrected chi connectivity index (χ2v) is 5.63. The number of H-pyrrole nitrogens is 1. The maximum atomic E-state index is 11.6. The number of nitrogens with zero attached hydrogens (tertiary/aromatic N) is 3. The van der Waals surface area contributed by atoms with Crippen molar-refractivity contribution in [1.82, 2.24) is 25.4 Å². The summed E-state index contributed by atoms with van der Waals surface area (Å²) in [6.07, 6.45) is 5.10. The molecule has 0 radical (unpaired) electrons. The summed E-state index contributed by atoms with van der Waals surface area (Å²) in [5, 5.41) is 9.61. The Kier molecular flexibility index (Phi) is 4.48. The predicted molar refractivity (Wildman–Crippen MR) is 83.2 cm³/mol. The average Bonchev–Trinajstić information content (AvgIpc) is 3.10. The summed E-state index contributed by atoms with van der Waals surface area (Å²) in [6.45, 7) is 1.92. The molecule has 22 heavy (non-hydrogen) atoms. The molecular formula is C16H21N5O. The number of aromatic amines is 1. The smallest absolute Gasteiger partial charge is 0.251 e. The lowest BCUT2D eigenvalue weighted by molar-refractivity contribution is 0.0963. The van der Waals surface area contributed by atoms with E-state index in [2.05, 4.69) is 25.4 Å². The molecule has 3 rings (SSSR count). The van der Waals surface area contributed by atoms with Crippen LogP contribution in [-0.2, 0) is 6.54 Å². The lowest BCUT2D eigenvalue weighted by Crippen LogP contribution is -2.33. The highest BCUT2D eigenvalue weighted by Gasteiger charge is 2.26. The number of likely N-dealkylation sites (tertiary alicyclic amines) is 1. The Morgan fingerprint density at radius 3 is 2.86 bits per heavy atom. The topological polar surface area (TPSA) is 73.9 Å². The minimum Gasteiger partial charge on any atom is -0.355 e. The van der Waals surface area contributed by atoms with Gasteiger partial charge in [0.1, 0.15) is 12.2 Å². The van der Waals surface area contributed by atoms with Gasteiger partial charge in [0.25, 0.3) is 5.91 Å². The van der Waals surface area contributed by atoms with Crippen LogP contribution in [0.15, 0.2) is 30.6 Å². The van der Waals surface area contributed by atoms with Gasteiger partial charge in [-0.2, -0.15) is 5.10 Å². The van der Waals surface area contributed by atoms with Crippen molar-refractivity contribution >= 4 is 5.91 Å². The van der Waals surface area contributed by atoms with Crippen molar-refractivity contribution in [2.45, 2.75) is 31.8 Å².